The number of rotatable bonds is 4. The van der Waals surface area contributed by atoms with Gasteiger partial charge in [0.2, 0.25) is 5.91 Å². The Bertz CT molecular complexity index is 600. The van der Waals surface area contributed by atoms with Crippen LogP contribution in [0, 0.1) is 5.92 Å². The zero-order valence-electron chi connectivity index (χ0n) is 12.6. The van der Waals surface area contributed by atoms with E-state index >= 15 is 0 Å². The van der Waals surface area contributed by atoms with E-state index in [-0.39, 0.29) is 12.3 Å². The Morgan fingerprint density at radius 3 is 2.70 bits per heavy atom. The zero-order valence-corrected chi connectivity index (χ0v) is 12.6. The average Bonchev–Trinajstić information content (AvgIpc) is 2.95. The molecule has 0 radical (unpaired) electrons. The number of hydrogen-bond donors (Lipinski definition) is 1. The third kappa shape index (κ3) is 4.03. The fourth-order valence-electron chi connectivity index (χ4n) is 2.89. The molecule has 1 saturated heterocycles. The standard InChI is InChI=1S/C16H18F3NO3/c1-10(14(21)20-7-3-6-13(20)15(22)23)8-11-4-2-5-12(9-11)16(17,18)19/h2,4-5,9-10,13H,3,6-8H2,1H3,(H,22,23)/t10-,13-/m0/s1. The molecule has 0 saturated carbocycles. The van der Waals surface area contributed by atoms with Crippen LogP contribution >= 0.6 is 0 Å². The lowest BCUT2D eigenvalue weighted by atomic mass is 9.98. The number of carbonyl (C=O) groups is 2. The molecule has 0 unspecified atom stereocenters. The van der Waals surface area contributed by atoms with Crippen molar-refractivity contribution in [3.05, 3.63) is 35.4 Å². The largest absolute Gasteiger partial charge is 0.480 e. The topological polar surface area (TPSA) is 57.6 Å². The number of carboxylic acids is 1. The first kappa shape index (κ1) is 17.3. The van der Waals surface area contributed by atoms with Gasteiger partial charge in [0.25, 0.3) is 0 Å². The van der Waals surface area contributed by atoms with E-state index in [4.69, 9.17) is 5.11 Å². The lowest BCUT2D eigenvalue weighted by Crippen LogP contribution is -2.43. The van der Waals surface area contributed by atoms with Gasteiger partial charge in [0.15, 0.2) is 0 Å². The normalized spacial score (nSPS) is 19.7. The molecule has 1 aromatic carbocycles. The number of halogens is 3. The molecule has 0 aromatic heterocycles. The van der Waals surface area contributed by atoms with Gasteiger partial charge in [0.1, 0.15) is 6.04 Å². The van der Waals surface area contributed by atoms with Crippen molar-refractivity contribution in [2.45, 2.75) is 38.4 Å². The van der Waals surface area contributed by atoms with Gasteiger partial charge in [-0.15, -0.1) is 0 Å². The van der Waals surface area contributed by atoms with Crippen LogP contribution in [0.2, 0.25) is 0 Å². The molecule has 1 amide bonds. The van der Waals surface area contributed by atoms with Crippen molar-refractivity contribution in [2.24, 2.45) is 5.92 Å². The van der Waals surface area contributed by atoms with Gasteiger partial charge in [0, 0.05) is 12.5 Å². The summed E-state index contributed by atoms with van der Waals surface area (Å²) in [6.45, 7) is 1.99. The number of carbonyl (C=O) groups excluding carboxylic acids is 1. The monoisotopic (exact) mass is 329 g/mol. The maximum absolute atomic E-state index is 12.7. The molecule has 1 aromatic rings. The number of likely N-dealkylation sites (tertiary alicyclic amines) is 1. The minimum Gasteiger partial charge on any atom is -0.480 e. The summed E-state index contributed by atoms with van der Waals surface area (Å²) in [5.74, 6) is -1.94. The van der Waals surface area contributed by atoms with E-state index in [1.54, 1.807) is 6.92 Å². The fourth-order valence-corrected chi connectivity index (χ4v) is 2.89. The number of benzene rings is 1. The van der Waals surface area contributed by atoms with E-state index in [0.717, 1.165) is 12.1 Å². The van der Waals surface area contributed by atoms with Crippen LogP contribution in [0.1, 0.15) is 30.9 Å². The van der Waals surface area contributed by atoms with Gasteiger partial charge in [0.05, 0.1) is 5.56 Å². The van der Waals surface area contributed by atoms with Crippen LogP contribution in [0.3, 0.4) is 0 Å². The van der Waals surface area contributed by atoms with Crippen LogP contribution in [0.25, 0.3) is 0 Å². The summed E-state index contributed by atoms with van der Waals surface area (Å²) in [6, 6.07) is 4.04. The molecular weight excluding hydrogens is 311 g/mol. The second kappa shape index (κ2) is 6.60. The lowest BCUT2D eigenvalue weighted by molar-refractivity contribution is -0.149. The average molecular weight is 329 g/mol. The molecule has 1 aliphatic heterocycles. The van der Waals surface area contributed by atoms with Crippen molar-refractivity contribution in [1.82, 2.24) is 4.90 Å². The maximum Gasteiger partial charge on any atom is 0.416 e. The molecule has 0 bridgehead atoms. The van der Waals surface area contributed by atoms with E-state index in [0.29, 0.717) is 24.9 Å². The van der Waals surface area contributed by atoms with Crippen LogP contribution in [-0.2, 0) is 22.2 Å². The Hall–Kier alpha value is -2.05. The van der Waals surface area contributed by atoms with E-state index in [9.17, 15) is 22.8 Å². The molecule has 1 fully saturated rings. The summed E-state index contributed by atoms with van der Waals surface area (Å²) in [7, 11) is 0. The summed E-state index contributed by atoms with van der Waals surface area (Å²) in [5, 5.41) is 9.11. The van der Waals surface area contributed by atoms with Crippen molar-refractivity contribution in [3.63, 3.8) is 0 Å². The van der Waals surface area contributed by atoms with Crippen molar-refractivity contribution in [1.29, 1.82) is 0 Å². The first-order chi connectivity index (χ1) is 10.7. The van der Waals surface area contributed by atoms with Crippen LogP contribution < -0.4 is 0 Å². The van der Waals surface area contributed by atoms with E-state index in [1.165, 1.54) is 17.0 Å². The molecule has 2 atom stereocenters. The summed E-state index contributed by atoms with van der Waals surface area (Å²) in [6.07, 6.45) is -3.24. The first-order valence-corrected chi connectivity index (χ1v) is 7.39. The van der Waals surface area contributed by atoms with Gasteiger partial charge >= 0.3 is 12.1 Å². The highest BCUT2D eigenvalue weighted by Crippen LogP contribution is 2.30. The zero-order chi connectivity index (χ0) is 17.2. The number of carboxylic acid groups (broad SMARTS) is 1. The summed E-state index contributed by atoms with van der Waals surface area (Å²) >= 11 is 0. The van der Waals surface area contributed by atoms with E-state index in [2.05, 4.69) is 0 Å². The minimum absolute atomic E-state index is 0.144. The highest BCUT2D eigenvalue weighted by atomic mass is 19.4. The highest BCUT2D eigenvalue weighted by Gasteiger charge is 2.36. The van der Waals surface area contributed by atoms with Crippen molar-refractivity contribution >= 4 is 11.9 Å². The molecule has 4 nitrogen and oxygen atoms in total. The molecule has 0 spiro atoms. The SMILES string of the molecule is C[C@@H](Cc1cccc(C(F)(F)F)c1)C(=O)N1CCC[C@H]1C(=O)O. The van der Waals surface area contributed by atoms with Gasteiger partial charge < -0.3 is 10.0 Å². The minimum atomic E-state index is -4.42. The Morgan fingerprint density at radius 2 is 2.09 bits per heavy atom. The third-order valence-electron chi connectivity index (χ3n) is 4.04. The second-order valence-corrected chi connectivity index (χ2v) is 5.83. The smallest absolute Gasteiger partial charge is 0.416 e. The quantitative estimate of drug-likeness (QED) is 0.924. The van der Waals surface area contributed by atoms with E-state index in [1.807, 2.05) is 0 Å². The van der Waals surface area contributed by atoms with Crippen molar-refractivity contribution < 1.29 is 27.9 Å². The molecule has 2 rings (SSSR count). The van der Waals surface area contributed by atoms with Crippen LogP contribution in [0.5, 0.6) is 0 Å². The lowest BCUT2D eigenvalue weighted by Gasteiger charge is -2.25. The predicted octanol–water partition coefficient (Wildman–Crippen LogP) is 2.96. The number of hydrogen-bond acceptors (Lipinski definition) is 2. The Kier molecular flexibility index (Phi) is 4.97. The number of alkyl halides is 3. The molecule has 1 aliphatic rings. The van der Waals surface area contributed by atoms with Crippen molar-refractivity contribution in [3.8, 4) is 0 Å². The molecule has 23 heavy (non-hydrogen) atoms. The third-order valence-corrected chi connectivity index (χ3v) is 4.04. The van der Waals surface area contributed by atoms with Crippen molar-refractivity contribution in [2.75, 3.05) is 6.54 Å². The second-order valence-electron chi connectivity index (χ2n) is 5.83. The van der Waals surface area contributed by atoms with Crippen LogP contribution in [0.15, 0.2) is 24.3 Å². The Balaban J connectivity index is 2.08. The maximum atomic E-state index is 12.7. The summed E-state index contributed by atoms with van der Waals surface area (Å²) in [5.41, 5.74) is -0.342. The summed E-state index contributed by atoms with van der Waals surface area (Å²) < 4.78 is 38.1. The molecule has 0 aliphatic carbocycles. The number of aliphatic carboxylic acids is 1. The fraction of sp³-hybridized carbons (Fsp3) is 0.500. The first-order valence-electron chi connectivity index (χ1n) is 7.39. The van der Waals surface area contributed by atoms with Gasteiger partial charge in [-0.2, -0.15) is 13.2 Å². The van der Waals surface area contributed by atoms with Gasteiger partial charge in [-0.25, -0.2) is 4.79 Å². The predicted molar refractivity (Wildman–Crippen MR) is 76.7 cm³/mol. The van der Waals surface area contributed by atoms with Crippen LogP contribution in [0.4, 0.5) is 13.2 Å². The summed E-state index contributed by atoms with van der Waals surface area (Å²) in [4.78, 5) is 24.8. The van der Waals surface area contributed by atoms with Crippen LogP contribution in [-0.4, -0.2) is 34.5 Å². The number of amides is 1. The molecule has 7 heteroatoms. The number of nitrogens with zero attached hydrogens (tertiary/aromatic N) is 1. The molecule has 126 valence electrons. The van der Waals surface area contributed by atoms with Gasteiger partial charge in [-0.3, -0.25) is 4.79 Å². The highest BCUT2D eigenvalue weighted by molar-refractivity contribution is 5.85. The van der Waals surface area contributed by atoms with E-state index < -0.39 is 29.7 Å². The molecule has 1 heterocycles. The Labute approximate surface area is 131 Å². The molecule has 1 N–H and O–H groups in total. The molecular formula is C16H18F3NO3. The van der Waals surface area contributed by atoms with Gasteiger partial charge in [-0.1, -0.05) is 25.1 Å². The van der Waals surface area contributed by atoms with Gasteiger partial charge in [-0.05, 0) is 30.9 Å². The Morgan fingerprint density at radius 1 is 1.39 bits per heavy atom.